The van der Waals surface area contributed by atoms with Crippen LogP contribution in [0.5, 0.6) is 34.5 Å². The molecule has 0 aliphatic heterocycles. The van der Waals surface area contributed by atoms with E-state index in [0.29, 0.717) is 129 Å². The number of hydrogen-bond donors (Lipinski definition) is 18. The quantitative estimate of drug-likeness (QED) is 0.0219. The Morgan fingerprint density at radius 2 is 0.559 bits per heavy atom. The minimum Gasteiger partial charge on any atom is -0.496 e. The number of nitrogens with zero attached hydrogens (tertiary/aromatic N) is 2. The summed E-state index contributed by atoms with van der Waals surface area (Å²) in [7, 11) is 10.4. The van der Waals surface area contributed by atoms with Gasteiger partial charge in [0.15, 0.2) is 23.8 Å². The first-order valence-electron chi connectivity index (χ1n) is 35.5. The van der Waals surface area contributed by atoms with Crippen molar-refractivity contribution in [1.82, 2.24) is 63.0 Å². The molecule has 2 saturated carbocycles. The van der Waals surface area contributed by atoms with E-state index in [1.807, 2.05) is 38.0 Å². The maximum atomic E-state index is 14.4. The molecule has 0 spiro atoms. The minimum atomic E-state index is -0.467. The van der Waals surface area contributed by atoms with E-state index in [4.69, 9.17) is 73.0 Å². The summed E-state index contributed by atoms with van der Waals surface area (Å²) in [5, 5.41) is 59.3. The summed E-state index contributed by atoms with van der Waals surface area (Å²) in [5.74, 6) is -1.64. The highest BCUT2D eigenvalue weighted by molar-refractivity contribution is 6.05. The van der Waals surface area contributed by atoms with Crippen molar-refractivity contribution in [2.24, 2.45) is 22.9 Å². The number of methoxy groups -OCH3 is 2. The van der Waals surface area contributed by atoms with Crippen LogP contribution in [0.4, 0.5) is 0 Å². The third-order valence-corrected chi connectivity index (χ3v) is 17.2. The summed E-state index contributed by atoms with van der Waals surface area (Å²) in [4.78, 5) is 89.0. The topological polar surface area (TPSA) is 484 Å². The van der Waals surface area contributed by atoms with E-state index < -0.39 is 35.4 Å². The van der Waals surface area contributed by atoms with Crippen LogP contribution in [0.3, 0.4) is 0 Å². The third-order valence-electron chi connectivity index (χ3n) is 17.2. The number of nitrogens with one attached hydrogen (secondary N) is 14. The molecule has 0 heterocycles. The SMILES string of the molecule is COc1cc(OC)c(C(=O)N[C@H]2CC[C@H](NC(=O)c3cc(C(=O)NCCN(C)C)c(OCCCCCNC(=N)N)cc3OCCCCCNC(=N)N)CC2)cc1C(=O)N[C@H]1CC[C@@H](NC(=O)c2cc(C(=O)NCCN(C)C)c(OCCCCCNC(=N)N)cc2OCCCCCNC(=N)N)CC1. The fourth-order valence-corrected chi connectivity index (χ4v) is 11.6. The summed E-state index contributed by atoms with van der Waals surface area (Å²) in [6.45, 7) is 5.06. The Hall–Kier alpha value is -9.72. The van der Waals surface area contributed by atoms with Crippen LogP contribution in [-0.4, -0.2) is 214 Å². The first-order valence-corrected chi connectivity index (χ1v) is 35.5. The summed E-state index contributed by atoms with van der Waals surface area (Å²) in [6, 6.07) is 8.02. The lowest BCUT2D eigenvalue weighted by Crippen LogP contribution is -2.44. The van der Waals surface area contributed by atoms with Gasteiger partial charge in [-0.2, -0.15) is 0 Å². The molecule has 2 aliphatic rings. The van der Waals surface area contributed by atoms with Crippen LogP contribution in [0, 0.1) is 21.6 Å². The fraction of sp³-hybridized carbons (Fsp3) is 0.600. The zero-order valence-electron chi connectivity index (χ0n) is 60.5. The number of carbonyl (C=O) groups excluding carboxylic acids is 6. The molecule has 0 unspecified atom stereocenters. The van der Waals surface area contributed by atoms with Crippen LogP contribution in [-0.2, 0) is 0 Å². The second-order valence-electron chi connectivity index (χ2n) is 26.0. The van der Waals surface area contributed by atoms with Crippen molar-refractivity contribution in [2.45, 2.75) is 153 Å². The molecule has 0 saturated heterocycles. The molecule has 3 aromatic rings. The Morgan fingerprint density at radius 1 is 0.333 bits per heavy atom. The van der Waals surface area contributed by atoms with E-state index in [-0.39, 0.29) is 142 Å². The highest BCUT2D eigenvalue weighted by Crippen LogP contribution is 2.35. The predicted octanol–water partition coefficient (Wildman–Crippen LogP) is 3.36. The average Bonchev–Trinajstić information content (AvgIpc) is 0.814. The number of likely N-dealkylation sites (N-methyl/N-ethyl adjacent to an activating group) is 2. The van der Waals surface area contributed by atoms with Crippen molar-refractivity contribution in [3.05, 3.63) is 69.8 Å². The molecule has 102 heavy (non-hydrogen) atoms. The van der Waals surface area contributed by atoms with Crippen LogP contribution in [0.2, 0.25) is 0 Å². The molecule has 0 radical (unpaired) electrons. The van der Waals surface area contributed by atoms with Crippen LogP contribution in [0.1, 0.15) is 191 Å². The van der Waals surface area contributed by atoms with Gasteiger partial charge in [-0.15, -0.1) is 0 Å². The van der Waals surface area contributed by atoms with Crippen LogP contribution >= 0.6 is 0 Å². The molecule has 32 heteroatoms. The van der Waals surface area contributed by atoms with E-state index in [9.17, 15) is 28.8 Å². The summed E-state index contributed by atoms with van der Waals surface area (Å²) >= 11 is 0. The van der Waals surface area contributed by atoms with Crippen LogP contribution < -0.4 is 105 Å². The van der Waals surface area contributed by atoms with Gasteiger partial charge in [-0.05, 0) is 175 Å². The zero-order valence-corrected chi connectivity index (χ0v) is 60.5. The van der Waals surface area contributed by atoms with E-state index in [0.717, 1.165) is 51.4 Å². The minimum absolute atomic E-state index is 0.0988. The van der Waals surface area contributed by atoms with Crippen LogP contribution in [0.15, 0.2) is 36.4 Å². The summed E-state index contributed by atoms with van der Waals surface area (Å²) < 4.78 is 36.4. The van der Waals surface area contributed by atoms with Gasteiger partial charge >= 0.3 is 0 Å². The standard InChI is InChI=1S/C70H114N20O12/c1-89(2)33-31-79-61(91)51-40-53(59(101-37-17-9-13-29-83-69(75)76)43-57(51)99-35-15-7-11-27-81-67(71)72)65(95)87-47-23-19-45(20-24-47)85-63(93)49-39-50(56(98-6)42-55(49)97-5)64(94)86-46-21-25-48(26-22-46)88-66(96)54-41-52(62(92)80-32-34-90(3)4)58(100-36-16-8-12-28-82-68(73)74)44-60(54)102-38-18-10-14-30-84-70(77)78/h39-48H,7-38H2,1-6H3,(H,79,91)(H,80,92)(H,85,93)(H,86,94)(H,87,95)(H,88,96)(H4,71,72,81)(H4,73,74,82)(H4,75,76,83)(H4,77,78,84)/t45-,46-,47-,48+. The van der Waals surface area contributed by atoms with Crippen molar-refractivity contribution < 1.29 is 57.2 Å². The maximum Gasteiger partial charge on any atom is 0.255 e. The lowest BCUT2D eigenvalue weighted by molar-refractivity contribution is 0.0882. The highest BCUT2D eigenvalue weighted by atomic mass is 16.5. The largest absolute Gasteiger partial charge is 0.496 e. The Balaban J connectivity index is 1.25. The lowest BCUT2D eigenvalue weighted by Gasteiger charge is -2.30. The van der Waals surface area contributed by atoms with Gasteiger partial charge in [-0.3, -0.25) is 50.4 Å². The Kier molecular flexibility index (Phi) is 36.8. The van der Waals surface area contributed by atoms with Crippen molar-refractivity contribution in [3.8, 4) is 34.5 Å². The van der Waals surface area contributed by atoms with Gasteiger partial charge in [-0.25, -0.2) is 0 Å². The van der Waals surface area contributed by atoms with Gasteiger partial charge in [0.1, 0.15) is 34.5 Å². The summed E-state index contributed by atoms with van der Waals surface area (Å²) in [5.41, 5.74) is 22.7. The number of carbonyl (C=O) groups is 6. The van der Waals surface area contributed by atoms with E-state index in [1.54, 1.807) is 12.1 Å². The lowest BCUT2D eigenvalue weighted by atomic mass is 9.90. The number of guanidine groups is 4. The fourth-order valence-electron chi connectivity index (χ4n) is 11.6. The Morgan fingerprint density at radius 3 is 0.784 bits per heavy atom. The van der Waals surface area contributed by atoms with Crippen molar-refractivity contribution >= 4 is 59.3 Å². The smallest absolute Gasteiger partial charge is 0.255 e. The molecule has 0 bridgehead atoms. The number of rotatable bonds is 46. The number of ether oxygens (including phenoxy) is 6. The van der Waals surface area contributed by atoms with E-state index >= 15 is 0 Å². The van der Waals surface area contributed by atoms with Gasteiger partial charge in [-0.1, -0.05) is 0 Å². The van der Waals surface area contributed by atoms with Gasteiger partial charge in [0.05, 0.1) is 74.0 Å². The number of amides is 6. The molecule has 22 N–H and O–H groups in total. The molecular weight excluding hydrogens is 1310 g/mol. The van der Waals surface area contributed by atoms with Crippen molar-refractivity contribution in [3.63, 3.8) is 0 Å². The van der Waals surface area contributed by atoms with E-state index in [2.05, 4.69) is 53.2 Å². The number of nitrogens with two attached hydrogens (primary N) is 4. The Labute approximate surface area is 599 Å². The molecule has 0 atom stereocenters. The first kappa shape index (κ1) is 82.9. The predicted molar refractivity (Wildman–Crippen MR) is 393 cm³/mol. The van der Waals surface area contributed by atoms with Gasteiger partial charge in [0.2, 0.25) is 0 Å². The monoisotopic (exact) mass is 1430 g/mol. The average molecular weight is 1430 g/mol. The zero-order chi connectivity index (χ0) is 74.3. The molecule has 566 valence electrons. The first-order chi connectivity index (χ1) is 49.0. The third kappa shape index (κ3) is 30.2. The van der Waals surface area contributed by atoms with Crippen LogP contribution in [0.25, 0.3) is 0 Å². The summed E-state index contributed by atoms with van der Waals surface area (Å²) in [6.07, 6.45) is 12.6. The van der Waals surface area contributed by atoms with Crippen molar-refractivity contribution in [1.29, 1.82) is 21.6 Å². The highest BCUT2D eigenvalue weighted by Gasteiger charge is 2.32. The normalized spacial score (nSPS) is 15.5. The number of benzene rings is 3. The second kappa shape index (κ2) is 45.2. The second-order valence-corrected chi connectivity index (χ2v) is 26.0. The molecule has 3 aromatic carbocycles. The number of hydrogen-bond acceptors (Lipinski definition) is 18. The number of unbranched alkanes of at least 4 members (excludes halogenated alkanes) is 8. The molecule has 2 fully saturated rings. The Bertz CT molecular complexity index is 3020. The molecule has 2 aliphatic carbocycles. The molecule has 32 nitrogen and oxygen atoms in total. The molecule has 6 amide bonds. The molecular formula is C70H114N20O12. The van der Waals surface area contributed by atoms with Gasteiger partial charge in [0.25, 0.3) is 35.4 Å². The maximum absolute atomic E-state index is 14.4. The molecule has 0 aromatic heterocycles. The van der Waals surface area contributed by atoms with E-state index in [1.165, 1.54) is 38.5 Å². The van der Waals surface area contributed by atoms with Gasteiger partial charge < -0.3 is 114 Å². The molecule has 5 rings (SSSR count). The van der Waals surface area contributed by atoms with Gasteiger partial charge in [0, 0.05) is 94.7 Å². The van der Waals surface area contributed by atoms with Crippen molar-refractivity contribution in [2.75, 3.05) is 121 Å².